The van der Waals surface area contributed by atoms with Crippen molar-refractivity contribution in [2.45, 2.75) is 25.7 Å². The molecule has 0 aromatic heterocycles. The Morgan fingerprint density at radius 1 is 1.42 bits per heavy atom. The molecule has 1 rings (SSSR count). The van der Waals surface area contributed by atoms with Gasteiger partial charge in [-0.2, -0.15) is 0 Å². The van der Waals surface area contributed by atoms with Crippen molar-refractivity contribution >= 4 is 0 Å². The second kappa shape index (κ2) is 4.55. The van der Waals surface area contributed by atoms with Crippen LogP contribution in [0.3, 0.4) is 0 Å². The van der Waals surface area contributed by atoms with Crippen LogP contribution in [-0.4, -0.2) is 13.0 Å². The normalized spacial score (nSPS) is 26.2. The van der Waals surface area contributed by atoms with E-state index in [1.807, 2.05) is 6.08 Å². The molecule has 1 aliphatic carbocycles. The highest BCUT2D eigenvalue weighted by Crippen LogP contribution is 2.29. The molecule has 0 spiro atoms. The van der Waals surface area contributed by atoms with Crippen LogP contribution < -0.4 is 5.73 Å². The Labute approximate surface area is 71.6 Å². The molecular formula is C9H15F2N. The lowest BCUT2D eigenvalue weighted by atomic mass is 9.83. The molecule has 70 valence electrons. The summed E-state index contributed by atoms with van der Waals surface area (Å²) < 4.78 is 24.8. The predicted octanol–water partition coefficient (Wildman–Crippen LogP) is 2.18. The monoisotopic (exact) mass is 175 g/mol. The van der Waals surface area contributed by atoms with Crippen molar-refractivity contribution in [1.82, 2.24) is 0 Å². The van der Waals surface area contributed by atoms with Crippen LogP contribution in [0.2, 0.25) is 0 Å². The summed E-state index contributed by atoms with van der Waals surface area (Å²) >= 11 is 0. The molecule has 0 saturated heterocycles. The van der Waals surface area contributed by atoms with Crippen molar-refractivity contribution in [2.75, 3.05) is 6.54 Å². The molecule has 1 aliphatic rings. The zero-order valence-corrected chi connectivity index (χ0v) is 7.05. The van der Waals surface area contributed by atoms with Gasteiger partial charge in [0.2, 0.25) is 6.43 Å². The molecule has 0 amide bonds. The van der Waals surface area contributed by atoms with E-state index in [1.165, 1.54) is 0 Å². The molecule has 12 heavy (non-hydrogen) atoms. The number of hydrogen-bond acceptors (Lipinski definition) is 1. The van der Waals surface area contributed by atoms with Gasteiger partial charge in [0.1, 0.15) is 0 Å². The highest BCUT2D eigenvalue weighted by atomic mass is 19.3. The minimum absolute atomic E-state index is 0.0972. The fourth-order valence-corrected chi connectivity index (χ4v) is 1.71. The fourth-order valence-electron chi connectivity index (χ4n) is 1.71. The molecule has 3 heteroatoms. The molecule has 2 atom stereocenters. The summed E-state index contributed by atoms with van der Waals surface area (Å²) in [6.45, 7) is 0.107. The molecule has 1 nitrogen and oxygen atoms in total. The Bertz CT molecular complexity index is 157. The van der Waals surface area contributed by atoms with Crippen molar-refractivity contribution in [2.24, 2.45) is 17.6 Å². The predicted molar refractivity (Wildman–Crippen MR) is 45.0 cm³/mol. The van der Waals surface area contributed by atoms with Gasteiger partial charge in [0, 0.05) is 12.5 Å². The smallest absolute Gasteiger partial charge is 0.242 e. The molecular weight excluding hydrogens is 160 g/mol. The van der Waals surface area contributed by atoms with Crippen LogP contribution in [0.15, 0.2) is 12.2 Å². The molecule has 0 fully saturated rings. The number of nitrogens with two attached hydrogens (primary N) is 1. The molecule has 0 aliphatic heterocycles. The van der Waals surface area contributed by atoms with E-state index < -0.39 is 12.3 Å². The van der Waals surface area contributed by atoms with Gasteiger partial charge in [-0.25, -0.2) is 8.78 Å². The van der Waals surface area contributed by atoms with Crippen molar-refractivity contribution in [1.29, 1.82) is 0 Å². The average Bonchev–Trinajstić information content (AvgIpc) is 2.07. The summed E-state index contributed by atoms with van der Waals surface area (Å²) in [4.78, 5) is 0. The second-order valence-electron chi connectivity index (χ2n) is 3.28. The van der Waals surface area contributed by atoms with E-state index >= 15 is 0 Å². The Morgan fingerprint density at radius 2 is 2.17 bits per heavy atom. The van der Waals surface area contributed by atoms with Gasteiger partial charge in [0.15, 0.2) is 0 Å². The van der Waals surface area contributed by atoms with Gasteiger partial charge in [-0.3, -0.25) is 0 Å². The Hall–Kier alpha value is -0.440. The van der Waals surface area contributed by atoms with Crippen LogP contribution in [0.5, 0.6) is 0 Å². The van der Waals surface area contributed by atoms with Gasteiger partial charge in [-0.15, -0.1) is 0 Å². The summed E-state index contributed by atoms with van der Waals surface area (Å²) in [6, 6.07) is 0. The van der Waals surface area contributed by atoms with Crippen LogP contribution >= 0.6 is 0 Å². The molecule has 2 N–H and O–H groups in total. The van der Waals surface area contributed by atoms with Crippen LogP contribution in [0.25, 0.3) is 0 Å². The van der Waals surface area contributed by atoms with E-state index in [-0.39, 0.29) is 12.5 Å². The summed E-state index contributed by atoms with van der Waals surface area (Å²) in [5.41, 5.74) is 5.30. The van der Waals surface area contributed by atoms with Crippen molar-refractivity contribution in [3.63, 3.8) is 0 Å². The molecule has 0 aromatic carbocycles. The van der Waals surface area contributed by atoms with E-state index in [9.17, 15) is 8.78 Å². The zero-order valence-electron chi connectivity index (χ0n) is 7.05. The first-order chi connectivity index (χ1) is 5.75. The maximum absolute atomic E-state index is 12.4. The van der Waals surface area contributed by atoms with Crippen molar-refractivity contribution in [3.05, 3.63) is 12.2 Å². The quantitative estimate of drug-likeness (QED) is 0.654. The third-order valence-electron chi connectivity index (χ3n) is 2.51. The Balaban J connectivity index is 2.47. The minimum atomic E-state index is -2.26. The molecule has 2 unspecified atom stereocenters. The lowest BCUT2D eigenvalue weighted by Gasteiger charge is -2.25. The van der Waals surface area contributed by atoms with Crippen molar-refractivity contribution < 1.29 is 8.78 Å². The summed E-state index contributed by atoms with van der Waals surface area (Å²) in [7, 11) is 0. The summed E-state index contributed by atoms with van der Waals surface area (Å²) in [5.74, 6) is -0.505. The van der Waals surface area contributed by atoms with Crippen LogP contribution in [0, 0.1) is 11.8 Å². The minimum Gasteiger partial charge on any atom is -0.330 e. The van der Waals surface area contributed by atoms with Crippen LogP contribution in [-0.2, 0) is 0 Å². The fraction of sp³-hybridized carbons (Fsp3) is 0.778. The lowest BCUT2D eigenvalue weighted by molar-refractivity contribution is 0.0451. The van der Waals surface area contributed by atoms with Crippen molar-refractivity contribution in [3.8, 4) is 0 Å². The number of hydrogen-bond donors (Lipinski definition) is 1. The number of halogens is 2. The first kappa shape index (κ1) is 9.65. The summed E-state index contributed by atoms with van der Waals surface area (Å²) in [5, 5.41) is 0. The zero-order chi connectivity index (χ0) is 8.97. The first-order valence-electron chi connectivity index (χ1n) is 4.39. The maximum Gasteiger partial charge on any atom is 0.242 e. The molecule has 0 bridgehead atoms. The third-order valence-corrected chi connectivity index (χ3v) is 2.51. The van der Waals surface area contributed by atoms with E-state index in [0.717, 1.165) is 19.3 Å². The summed E-state index contributed by atoms with van der Waals surface area (Å²) in [6.07, 6.45) is 4.34. The Morgan fingerprint density at radius 3 is 2.58 bits per heavy atom. The average molecular weight is 175 g/mol. The van der Waals surface area contributed by atoms with E-state index in [2.05, 4.69) is 6.08 Å². The highest BCUT2D eigenvalue weighted by molar-refractivity contribution is 4.92. The lowest BCUT2D eigenvalue weighted by Crippen LogP contribution is -2.30. The largest absolute Gasteiger partial charge is 0.330 e. The van der Waals surface area contributed by atoms with E-state index in [1.54, 1.807) is 0 Å². The topological polar surface area (TPSA) is 26.0 Å². The molecule has 0 saturated carbocycles. The first-order valence-corrected chi connectivity index (χ1v) is 4.39. The molecule has 0 heterocycles. The van der Waals surface area contributed by atoms with Gasteiger partial charge >= 0.3 is 0 Å². The van der Waals surface area contributed by atoms with Gasteiger partial charge in [0.05, 0.1) is 0 Å². The second-order valence-corrected chi connectivity index (χ2v) is 3.28. The Kier molecular flexibility index (Phi) is 3.66. The number of allylic oxidation sites excluding steroid dienone is 2. The van der Waals surface area contributed by atoms with E-state index in [0.29, 0.717) is 0 Å². The van der Waals surface area contributed by atoms with Gasteiger partial charge in [-0.05, 0) is 25.2 Å². The number of rotatable bonds is 3. The highest BCUT2D eigenvalue weighted by Gasteiger charge is 2.27. The molecule has 0 radical (unpaired) electrons. The standard InChI is InChI=1S/C9H15F2N/c10-9(11)8(6-12)7-4-2-1-3-5-7/h1-2,7-9H,3-6,12H2. The maximum atomic E-state index is 12.4. The van der Waals surface area contributed by atoms with Gasteiger partial charge in [0.25, 0.3) is 0 Å². The number of alkyl halides is 2. The van der Waals surface area contributed by atoms with Crippen LogP contribution in [0.1, 0.15) is 19.3 Å². The third kappa shape index (κ3) is 2.27. The SMILES string of the molecule is NCC(C(F)F)C1CC=CCC1. The van der Waals surface area contributed by atoms with Gasteiger partial charge < -0.3 is 5.73 Å². The molecule has 0 aromatic rings. The van der Waals surface area contributed by atoms with Gasteiger partial charge in [-0.1, -0.05) is 12.2 Å². The van der Waals surface area contributed by atoms with Crippen LogP contribution in [0.4, 0.5) is 8.78 Å². The van der Waals surface area contributed by atoms with E-state index in [4.69, 9.17) is 5.73 Å².